The van der Waals surface area contributed by atoms with E-state index in [2.05, 4.69) is 22.1 Å². The van der Waals surface area contributed by atoms with Gasteiger partial charge in [-0.15, -0.1) is 24.0 Å². The quantitative estimate of drug-likeness (QED) is 0.345. The Bertz CT molecular complexity index is 749. The molecule has 1 aromatic carbocycles. The minimum atomic E-state index is 0. The van der Waals surface area contributed by atoms with Crippen LogP contribution in [0.25, 0.3) is 0 Å². The molecular weight excluding hydrogens is 479 g/mol. The summed E-state index contributed by atoms with van der Waals surface area (Å²) in [6.45, 7) is 7.90. The van der Waals surface area contributed by atoms with E-state index in [1.165, 1.54) is 0 Å². The van der Waals surface area contributed by atoms with Crippen LogP contribution in [0, 0.1) is 0 Å². The molecule has 7 heteroatoms. The summed E-state index contributed by atoms with van der Waals surface area (Å²) < 4.78 is 11.7. The molecule has 6 nitrogen and oxygen atoms in total. The molecule has 0 aliphatic carbocycles. The number of aliphatic imine (C=N–C) groups is 1. The number of ether oxygens (including phenoxy) is 2. The highest BCUT2D eigenvalue weighted by Gasteiger charge is 2.22. The van der Waals surface area contributed by atoms with Crippen molar-refractivity contribution < 1.29 is 9.47 Å². The van der Waals surface area contributed by atoms with Crippen LogP contribution in [0.1, 0.15) is 32.3 Å². The lowest BCUT2D eigenvalue weighted by Gasteiger charge is -2.34. The highest BCUT2D eigenvalue weighted by Crippen LogP contribution is 2.19. The van der Waals surface area contributed by atoms with Crippen molar-refractivity contribution in [2.45, 2.75) is 39.3 Å². The SMILES string of the molecule is CCNC(=NCc1cccnc1OCC)N1CCC(Oc2ccccc2)CC1.I. The Morgan fingerprint density at radius 2 is 1.90 bits per heavy atom. The van der Waals surface area contributed by atoms with Crippen molar-refractivity contribution >= 4 is 29.9 Å². The molecule has 0 bridgehead atoms. The number of piperidine rings is 1. The van der Waals surface area contributed by atoms with E-state index in [0.717, 1.165) is 49.7 Å². The summed E-state index contributed by atoms with van der Waals surface area (Å²) in [5.41, 5.74) is 1.00. The molecule has 2 aromatic rings. The molecule has 1 fully saturated rings. The van der Waals surface area contributed by atoms with Gasteiger partial charge in [0.2, 0.25) is 5.88 Å². The smallest absolute Gasteiger partial charge is 0.218 e. The molecule has 29 heavy (non-hydrogen) atoms. The summed E-state index contributed by atoms with van der Waals surface area (Å²) in [5.74, 6) is 2.55. The van der Waals surface area contributed by atoms with E-state index in [4.69, 9.17) is 14.5 Å². The Morgan fingerprint density at radius 3 is 2.59 bits per heavy atom. The third-order valence-electron chi connectivity index (χ3n) is 4.65. The Morgan fingerprint density at radius 1 is 1.14 bits per heavy atom. The molecule has 3 rings (SSSR count). The minimum absolute atomic E-state index is 0. The number of benzene rings is 1. The molecule has 0 atom stereocenters. The fourth-order valence-corrected chi connectivity index (χ4v) is 3.27. The van der Waals surface area contributed by atoms with Crippen LogP contribution >= 0.6 is 24.0 Å². The van der Waals surface area contributed by atoms with Gasteiger partial charge in [-0.2, -0.15) is 0 Å². The van der Waals surface area contributed by atoms with Crippen LogP contribution in [0.3, 0.4) is 0 Å². The first-order valence-corrected chi connectivity index (χ1v) is 10.1. The molecule has 1 aromatic heterocycles. The van der Waals surface area contributed by atoms with Gasteiger partial charge in [-0.1, -0.05) is 24.3 Å². The number of para-hydroxylation sites is 1. The number of nitrogens with one attached hydrogen (secondary N) is 1. The average molecular weight is 510 g/mol. The number of likely N-dealkylation sites (tertiary alicyclic amines) is 1. The second-order valence-electron chi connectivity index (χ2n) is 6.69. The van der Waals surface area contributed by atoms with Crippen LogP contribution in [0.2, 0.25) is 0 Å². The maximum Gasteiger partial charge on any atom is 0.218 e. The number of nitrogens with zero attached hydrogens (tertiary/aromatic N) is 3. The van der Waals surface area contributed by atoms with E-state index in [1.54, 1.807) is 6.20 Å². The van der Waals surface area contributed by atoms with E-state index < -0.39 is 0 Å². The zero-order chi connectivity index (χ0) is 19.6. The molecule has 0 spiro atoms. The molecule has 1 N–H and O–H groups in total. The van der Waals surface area contributed by atoms with Crippen molar-refractivity contribution in [1.82, 2.24) is 15.2 Å². The second-order valence-corrected chi connectivity index (χ2v) is 6.69. The fourth-order valence-electron chi connectivity index (χ4n) is 3.27. The minimum Gasteiger partial charge on any atom is -0.490 e. The topological polar surface area (TPSA) is 59.0 Å². The van der Waals surface area contributed by atoms with E-state index in [0.29, 0.717) is 19.0 Å². The molecule has 0 saturated carbocycles. The van der Waals surface area contributed by atoms with Crippen LogP contribution in [0.5, 0.6) is 11.6 Å². The predicted molar refractivity (Wildman–Crippen MR) is 127 cm³/mol. The lowest BCUT2D eigenvalue weighted by Crippen LogP contribution is -2.47. The molecule has 158 valence electrons. The first kappa shape index (κ1) is 23.3. The van der Waals surface area contributed by atoms with Gasteiger partial charge < -0.3 is 19.7 Å². The van der Waals surface area contributed by atoms with Crippen molar-refractivity contribution in [3.05, 3.63) is 54.2 Å². The Hall–Kier alpha value is -2.03. The molecule has 1 aliphatic heterocycles. The highest BCUT2D eigenvalue weighted by atomic mass is 127. The van der Waals surface area contributed by atoms with Gasteiger partial charge in [0.15, 0.2) is 5.96 Å². The predicted octanol–water partition coefficient (Wildman–Crippen LogP) is 4.11. The molecule has 0 amide bonds. The number of guanidine groups is 1. The van der Waals surface area contributed by atoms with Gasteiger partial charge in [-0.05, 0) is 32.0 Å². The van der Waals surface area contributed by atoms with E-state index in [1.807, 2.05) is 49.4 Å². The van der Waals surface area contributed by atoms with Crippen LogP contribution in [-0.2, 0) is 6.54 Å². The van der Waals surface area contributed by atoms with Crippen molar-refractivity contribution in [3.8, 4) is 11.6 Å². The Balaban J connectivity index is 0.00000300. The normalized spacial score (nSPS) is 14.8. The second kappa shape index (κ2) is 12.5. The largest absolute Gasteiger partial charge is 0.490 e. The number of pyridine rings is 1. The third-order valence-corrected chi connectivity index (χ3v) is 4.65. The molecule has 1 saturated heterocycles. The first-order chi connectivity index (χ1) is 13.8. The molecule has 0 radical (unpaired) electrons. The van der Waals surface area contributed by atoms with Crippen LogP contribution < -0.4 is 14.8 Å². The summed E-state index contributed by atoms with van der Waals surface area (Å²) >= 11 is 0. The van der Waals surface area contributed by atoms with Crippen molar-refractivity contribution in [2.75, 3.05) is 26.2 Å². The number of hydrogen-bond donors (Lipinski definition) is 1. The molecule has 0 unspecified atom stereocenters. The standard InChI is InChI=1S/C22H30N4O2.HI/c1-3-23-22(25-17-18-9-8-14-24-21(18)27-4-2)26-15-12-20(13-16-26)28-19-10-6-5-7-11-19;/h5-11,14,20H,3-4,12-13,15-17H2,1-2H3,(H,23,25);1H. The van der Waals surface area contributed by atoms with E-state index in [-0.39, 0.29) is 30.1 Å². The van der Waals surface area contributed by atoms with Gasteiger partial charge in [0, 0.05) is 44.2 Å². The Kier molecular flexibility index (Phi) is 10.0. The van der Waals surface area contributed by atoms with Gasteiger partial charge in [0.25, 0.3) is 0 Å². The van der Waals surface area contributed by atoms with Crippen molar-refractivity contribution in [1.29, 1.82) is 0 Å². The number of rotatable bonds is 7. The van der Waals surface area contributed by atoms with Gasteiger partial charge in [0.05, 0.1) is 13.2 Å². The lowest BCUT2D eigenvalue weighted by molar-refractivity contribution is 0.129. The third kappa shape index (κ3) is 7.06. The van der Waals surface area contributed by atoms with Crippen LogP contribution in [-0.4, -0.2) is 48.2 Å². The summed E-state index contributed by atoms with van der Waals surface area (Å²) in [5, 5.41) is 3.41. The zero-order valence-corrected chi connectivity index (χ0v) is 19.5. The summed E-state index contributed by atoms with van der Waals surface area (Å²) in [7, 11) is 0. The van der Waals surface area contributed by atoms with Gasteiger partial charge in [0.1, 0.15) is 11.9 Å². The van der Waals surface area contributed by atoms with Gasteiger partial charge in [-0.25, -0.2) is 9.98 Å². The zero-order valence-electron chi connectivity index (χ0n) is 17.2. The van der Waals surface area contributed by atoms with Gasteiger partial charge in [-0.3, -0.25) is 0 Å². The summed E-state index contributed by atoms with van der Waals surface area (Å²) in [4.78, 5) is 11.5. The fraction of sp³-hybridized carbons (Fsp3) is 0.455. The average Bonchev–Trinajstić information content (AvgIpc) is 2.74. The van der Waals surface area contributed by atoms with Gasteiger partial charge >= 0.3 is 0 Å². The van der Waals surface area contributed by atoms with E-state index in [9.17, 15) is 0 Å². The first-order valence-electron chi connectivity index (χ1n) is 10.1. The van der Waals surface area contributed by atoms with Crippen molar-refractivity contribution in [3.63, 3.8) is 0 Å². The number of aromatic nitrogens is 1. The lowest BCUT2D eigenvalue weighted by atomic mass is 10.1. The monoisotopic (exact) mass is 510 g/mol. The van der Waals surface area contributed by atoms with Crippen LogP contribution in [0.4, 0.5) is 0 Å². The Labute approximate surface area is 190 Å². The number of halogens is 1. The van der Waals surface area contributed by atoms with E-state index >= 15 is 0 Å². The van der Waals surface area contributed by atoms with Crippen molar-refractivity contribution in [2.24, 2.45) is 4.99 Å². The highest BCUT2D eigenvalue weighted by molar-refractivity contribution is 14.0. The molecular formula is C22H31IN4O2. The molecule has 1 aliphatic rings. The summed E-state index contributed by atoms with van der Waals surface area (Å²) in [6.07, 6.45) is 3.97. The maximum absolute atomic E-state index is 6.10. The van der Waals surface area contributed by atoms with Crippen LogP contribution in [0.15, 0.2) is 53.7 Å². The summed E-state index contributed by atoms with van der Waals surface area (Å²) in [6, 6.07) is 14.0. The molecule has 2 heterocycles. The maximum atomic E-state index is 6.10. The number of hydrogen-bond acceptors (Lipinski definition) is 4.